The lowest BCUT2D eigenvalue weighted by Crippen LogP contribution is -1.87. The predicted molar refractivity (Wildman–Crippen MR) is 95.5 cm³/mol. The van der Waals surface area contributed by atoms with E-state index in [4.69, 9.17) is 6.42 Å². The SMILES string of the molecule is C#Cc1cc2ccc3cc4ccc5ccc6cc1c(c23)c4c56. The zero-order valence-corrected chi connectivity index (χ0v) is 11.8. The zero-order valence-electron chi connectivity index (χ0n) is 11.8. The highest BCUT2D eigenvalue weighted by atomic mass is 14.2. The number of hydrogen-bond acceptors (Lipinski definition) is 0. The molecule has 0 saturated heterocycles. The third-order valence-electron chi connectivity index (χ3n) is 5.15. The minimum Gasteiger partial charge on any atom is -0.115 e. The Kier molecular flexibility index (Phi) is 1.57. The Morgan fingerprint density at radius 1 is 0.545 bits per heavy atom. The highest BCUT2D eigenvalue weighted by Crippen LogP contribution is 2.45. The van der Waals surface area contributed by atoms with Crippen LogP contribution in [0.2, 0.25) is 0 Å². The second kappa shape index (κ2) is 3.24. The fraction of sp³-hybridized carbons (Fsp3) is 0. The molecule has 0 radical (unpaired) electrons. The fourth-order valence-electron chi connectivity index (χ4n) is 4.25. The molecule has 0 spiro atoms. The summed E-state index contributed by atoms with van der Waals surface area (Å²) in [7, 11) is 0. The Bertz CT molecular complexity index is 1360. The summed E-state index contributed by atoms with van der Waals surface area (Å²) in [5.74, 6) is 2.89. The van der Waals surface area contributed by atoms with E-state index >= 15 is 0 Å². The average Bonchev–Trinajstić information content (AvgIpc) is 3.15. The third kappa shape index (κ3) is 0.993. The number of rotatable bonds is 0. The molecule has 6 rings (SSSR count). The first kappa shape index (κ1) is 10.7. The molecule has 0 aliphatic carbocycles. The number of benzene rings is 4. The van der Waals surface area contributed by atoms with Gasteiger partial charge in [-0.1, -0.05) is 42.3 Å². The summed E-state index contributed by atoms with van der Waals surface area (Å²) in [6.45, 7) is 0. The van der Waals surface area contributed by atoms with Crippen molar-refractivity contribution in [2.45, 2.75) is 0 Å². The highest BCUT2D eigenvalue weighted by Gasteiger charge is 2.18. The van der Waals surface area contributed by atoms with E-state index in [2.05, 4.69) is 60.5 Å². The maximum absolute atomic E-state index is 5.80. The van der Waals surface area contributed by atoms with Gasteiger partial charge in [-0.25, -0.2) is 0 Å². The van der Waals surface area contributed by atoms with Gasteiger partial charge in [-0.05, 0) is 72.1 Å². The standard InChI is InChI=1S/C22H10/c1-2-12-9-14-7-8-15-10-16-5-3-13-4-6-17-11-18(12)22(20(14)15)21(16)19(13)17/h1,3-11H. The topological polar surface area (TPSA) is 0 Å². The van der Waals surface area contributed by atoms with Crippen molar-refractivity contribution in [3.8, 4) is 12.3 Å². The van der Waals surface area contributed by atoms with Crippen LogP contribution in [-0.2, 0) is 0 Å². The molecule has 6 aromatic rings. The van der Waals surface area contributed by atoms with Crippen LogP contribution in [0.5, 0.6) is 0 Å². The summed E-state index contributed by atoms with van der Waals surface area (Å²) in [5.41, 5.74) is 0.997. The van der Waals surface area contributed by atoms with Crippen molar-refractivity contribution in [1.29, 1.82) is 0 Å². The van der Waals surface area contributed by atoms with Crippen LogP contribution in [0.15, 0.2) is 54.6 Å². The fourth-order valence-corrected chi connectivity index (χ4v) is 4.25. The minimum absolute atomic E-state index is 0.997. The van der Waals surface area contributed by atoms with Gasteiger partial charge in [0.15, 0.2) is 0 Å². The molecule has 22 heavy (non-hydrogen) atoms. The van der Waals surface area contributed by atoms with Crippen LogP contribution in [0.3, 0.4) is 0 Å². The summed E-state index contributed by atoms with van der Waals surface area (Å²) in [5, 5.41) is 13.1. The summed E-state index contributed by atoms with van der Waals surface area (Å²) >= 11 is 0. The van der Waals surface area contributed by atoms with Gasteiger partial charge in [0.1, 0.15) is 0 Å². The molecular weight excluding hydrogens is 264 g/mol. The highest BCUT2D eigenvalue weighted by molar-refractivity contribution is 6.37. The molecule has 0 aliphatic rings. The molecule has 0 atom stereocenters. The molecule has 0 saturated carbocycles. The smallest absolute Gasteiger partial charge is 0.0327 e. The van der Waals surface area contributed by atoms with Crippen molar-refractivity contribution >= 4 is 53.9 Å². The lowest BCUT2D eigenvalue weighted by atomic mass is 9.89. The van der Waals surface area contributed by atoms with E-state index in [1.54, 1.807) is 0 Å². The second-order valence-corrected chi connectivity index (χ2v) is 6.18. The Labute approximate surface area is 127 Å². The molecule has 0 heteroatoms. The van der Waals surface area contributed by atoms with Gasteiger partial charge in [0, 0.05) is 5.56 Å². The largest absolute Gasteiger partial charge is 0.115 e. The molecule has 0 N–H and O–H groups in total. The summed E-state index contributed by atoms with van der Waals surface area (Å²) in [4.78, 5) is 0. The van der Waals surface area contributed by atoms with Crippen molar-refractivity contribution in [2.24, 2.45) is 0 Å². The van der Waals surface area contributed by atoms with Gasteiger partial charge < -0.3 is 0 Å². The van der Waals surface area contributed by atoms with Gasteiger partial charge in [-0.2, -0.15) is 0 Å². The van der Waals surface area contributed by atoms with Gasteiger partial charge >= 0.3 is 0 Å². The van der Waals surface area contributed by atoms with Gasteiger partial charge in [0.2, 0.25) is 0 Å². The third-order valence-corrected chi connectivity index (χ3v) is 5.15. The van der Waals surface area contributed by atoms with Crippen molar-refractivity contribution in [2.75, 3.05) is 0 Å². The van der Waals surface area contributed by atoms with Crippen molar-refractivity contribution in [3.63, 3.8) is 0 Å². The molecule has 0 fully saturated rings. The quantitative estimate of drug-likeness (QED) is 0.244. The van der Waals surface area contributed by atoms with Crippen LogP contribution in [-0.4, -0.2) is 0 Å². The van der Waals surface area contributed by atoms with E-state index in [1.807, 2.05) is 0 Å². The van der Waals surface area contributed by atoms with E-state index in [9.17, 15) is 0 Å². The molecule has 0 unspecified atom stereocenters. The first-order chi connectivity index (χ1) is 10.8. The Balaban J connectivity index is 2.17. The average molecular weight is 274 g/mol. The number of hydrogen-bond donors (Lipinski definition) is 0. The van der Waals surface area contributed by atoms with Crippen LogP contribution in [0.4, 0.5) is 0 Å². The number of terminal acetylenes is 1. The monoisotopic (exact) mass is 274 g/mol. The van der Waals surface area contributed by atoms with E-state index in [-0.39, 0.29) is 0 Å². The Hall–Kier alpha value is -3.04. The Morgan fingerprint density at radius 2 is 1.09 bits per heavy atom. The van der Waals surface area contributed by atoms with E-state index in [0.29, 0.717) is 0 Å². The first-order valence-corrected chi connectivity index (χ1v) is 7.50. The predicted octanol–water partition coefficient (Wildman–Crippen LogP) is 5.75. The van der Waals surface area contributed by atoms with E-state index in [0.717, 1.165) is 5.56 Å². The summed E-state index contributed by atoms with van der Waals surface area (Å²) in [6.07, 6.45) is 5.80. The van der Waals surface area contributed by atoms with Crippen molar-refractivity contribution in [1.82, 2.24) is 0 Å². The lowest BCUT2D eigenvalue weighted by Gasteiger charge is -2.13. The lowest BCUT2D eigenvalue weighted by molar-refractivity contribution is 1.84. The molecule has 0 heterocycles. The molecule has 0 aromatic heterocycles. The minimum atomic E-state index is 0.997. The van der Waals surface area contributed by atoms with Gasteiger partial charge in [-0.3, -0.25) is 0 Å². The molecule has 0 aliphatic heterocycles. The summed E-state index contributed by atoms with van der Waals surface area (Å²) < 4.78 is 0. The summed E-state index contributed by atoms with van der Waals surface area (Å²) in [6, 6.07) is 20.0. The Morgan fingerprint density at radius 3 is 1.82 bits per heavy atom. The van der Waals surface area contributed by atoms with Crippen LogP contribution >= 0.6 is 0 Å². The molecule has 6 aromatic carbocycles. The van der Waals surface area contributed by atoms with E-state index < -0.39 is 0 Å². The van der Waals surface area contributed by atoms with Crippen LogP contribution < -0.4 is 0 Å². The molecule has 0 bridgehead atoms. The zero-order chi connectivity index (χ0) is 14.4. The molecule has 98 valence electrons. The maximum Gasteiger partial charge on any atom is 0.0327 e. The first-order valence-electron chi connectivity index (χ1n) is 7.50. The normalized spacial score (nSPS) is 12.5. The van der Waals surface area contributed by atoms with Gasteiger partial charge in [0.25, 0.3) is 0 Å². The van der Waals surface area contributed by atoms with Gasteiger partial charge in [-0.15, -0.1) is 6.42 Å². The van der Waals surface area contributed by atoms with Crippen molar-refractivity contribution < 1.29 is 0 Å². The van der Waals surface area contributed by atoms with E-state index in [1.165, 1.54) is 53.9 Å². The second-order valence-electron chi connectivity index (χ2n) is 6.18. The molecule has 0 amide bonds. The van der Waals surface area contributed by atoms with Crippen molar-refractivity contribution in [3.05, 3.63) is 60.2 Å². The van der Waals surface area contributed by atoms with Crippen LogP contribution in [0.25, 0.3) is 53.9 Å². The van der Waals surface area contributed by atoms with Crippen LogP contribution in [0.1, 0.15) is 5.56 Å². The van der Waals surface area contributed by atoms with Crippen LogP contribution in [0, 0.1) is 12.3 Å². The molecular formula is C22H10. The molecule has 0 nitrogen and oxygen atoms in total. The van der Waals surface area contributed by atoms with Gasteiger partial charge in [0.05, 0.1) is 0 Å². The maximum atomic E-state index is 5.80.